The zero-order chi connectivity index (χ0) is 11.1. The Hall–Kier alpha value is -1.13. The maximum Gasteiger partial charge on any atom is 0.254 e. The summed E-state index contributed by atoms with van der Waals surface area (Å²) in [4.78, 5) is 15.4. The summed E-state index contributed by atoms with van der Waals surface area (Å²) in [6.07, 6.45) is 2.98. The predicted octanol–water partition coefficient (Wildman–Crippen LogP) is 1.50. The molecule has 5 heteroatoms. The second kappa shape index (κ2) is 6.37. The molecule has 4 nitrogen and oxygen atoms in total. The summed E-state index contributed by atoms with van der Waals surface area (Å²) in [7, 11) is 0. The van der Waals surface area contributed by atoms with Crippen molar-refractivity contribution in [2.75, 3.05) is 19.8 Å². The van der Waals surface area contributed by atoms with E-state index in [2.05, 4.69) is 10.3 Å². The average Bonchev–Trinajstić information content (AvgIpc) is 2.25. The largest absolute Gasteiger partial charge is 0.380 e. The molecule has 1 rings (SSSR count). The zero-order valence-corrected chi connectivity index (χ0v) is 9.25. The van der Waals surface area contributed by atoms with Gasteiger partial charge in [-0.2, -0.15) is 0 Å². The quantitative estimate of drug-likeness (QED) is 0.778. The molecule has 15 heavy (non-hydrogen) atoms. The van der Waals surface area contributed by atoms with Crippen LogP contribution in [0.5, 0.6) is 0 Å². The van der Waals surface area contributed by atoms with Gasteiger partial charge < -0.3 is 10.1 Å². The minimum Gasteiger partial charge on any atom is -0.380 e. The lowest BCUT2D eigenvalue weighted by molar-refractivity contribution is 0.0922. The van der Waals surface area contributed by atoms with Crippen molar-refractivity contribution in [3.63, 3.8) is 0 Å². The van der Waals surface area contributed by atoms with E-state index in [0.29, 0.717) is 30.3 Å². The van der Waals surface area contributed by atoms with Gasteiger partial charge in [-0.1, -0.05) is 11.6 Å². The Morgan fingerprint density at radius 2 is 2.47 bits per heavy atom. The van der Waals surface area contributed by atoms with E-state index in [4.69, 9.17) is 16.3 Å². The smallest absolute Gasteiger partial charge is 0.254 e. The van der Waals surface area contributed by atoms with Gasteiger partial charge in [0.05, 0.1) is 17.2 Å². The average molecular weight is 229 g/mol. The minimum absolute atomic E-state index is 0.229. The van der Waals surface area contributed by atoms with E-state index in [9.17, 15) is 4.79 Å². The predicted molar refractivity (Wildman–Crippen MR) is 58.1 cm³/mol. The Morgan fingerprint density at radius 3 is 3.13 bits per heavy atom. The molecule has 0 saturated heterocycles. The van der Waals surface area contributed by atoms with Crippen LogP contribution < -0.4 is 5.32 Å². The van der Waals surface area contributed by atoms with Crippen LogP contribution in [0.2, 0.25) is 5.02 Å². The molecular weight excluding hydrogens is 216 g/mol. The first kappa shape index (κ1) is 11.9. The number of pyridine rings is 1. The summed E-state index contributed by atoms with van der Waals surface area (Å²) in [5.41, 5.74) is 0.385. The SMILES string of the molecule is CCOCCNC(=O)c1cnccc1Cl. The molecule has 1 N–H and O–H groups in total. The van der Waals surface area contributed by atoms with Gasteiger partial charge in [-0.05, 0) is 13.0 Å². The van der Waals surface area contributed by atoms with Crippen molar-refractivity contribution in [3.05, 3.63) is 29.0 Å². The molecule has 0 bridgehead atoms. The number of carbonyl (C=O) groups is 1. The van der Waals surface area contributed by atoms with Gasteiger partial charge in [0.25, 0.3) is 5.91 Å². The highest BCUT2D eigenvalue weighted by molar-refractivity contribution is 6.33. The van der Waals surface area contributed by atoms with Crippen LogP contribution in [0.1, 0.15) is 17.3 Å². The van der Waals surface area contributed by atoms with Crippen molar-refractivity contribution < 1.29 is 9.53 Å². The summed E-state index contributed by atoms with van der Waals surface area (Å²) in [6.45, 7) is 3.52. The van der Waals surface area contributed by atoms with Crippen LogP contribution in [0.15, 0.2) is 18.5 Å². The first-order valence-electron chi connectivity index (χ1n) is 4.71. The van der Waals surface area contributed by atoms with Gasteiger partial charge in [0.1, 0.15) is 0 Å². The number of halogens is 1. The monoisotopic (exact) mass is 228 g/mol. The summed E-state index contributed by atoms with van der Waals surface area (Å²) >= 11 is 5.83. The molecule has 0 aliphatic carbocycles. The topological polar surface area (TPSA) is 51.2 Å². The number of nitrogens with one attached hydrogen (secondary N) is 1. The summed E-state index contributed by atoms with van der Waals surface area (Å²) < 4.78 is 5.09. The zero-order valence-electron chi connectivity index (χ0n) is 8.50. The van der Waals surface area contributed by atoms with Crippen LogP contribution in [-0.2, 0) is 4.74 Å². The summed E-state index contributed by atoms with van der Waals surface area (Å²) in [5, 5.41) is 3.09. The van der Waals surface area contributed by atoms with E-state index in [1.54, 1.807) is 12.3 Å². The Balaban J connectivity index is 2.44. The van der Waals surface area contributed by atoms with Crippen molar-refractivity contribution in [3.8, 4) is 0 Å². The van der Waals surface area contributed by atoms with Crippen molar-refractivity contribution in [1.82, 2.24) is 10.3 Å². The molecule has 1 aromatic heterocycles. The lowest BCUT2D eigenvalue weighted by Crippen LogP contribution is -2.27. The Morgan fingerprint density at radius 1 is 1.67 bits per heavy atom. The molecule has 0 saturated carbocycles. The van der Waals surface area contributed by atoms with Crippen LogP contribution in [-0.4, -0.2) is 30.6 Å². The molecule has 0 unspecified atom stereocenters. The summed E-state index contributed by atoms with van der Waals surface area (Å²) in [5.74, 6) is -0.229. The van der Waals surface area contributed by atoms with Gasteiger partial charge in [-0.3, -0.25) is 9.78 Å². The number of rotatable bonds is 5. The van der Waals surface area contributed by atoms with Crippen molar-refractivity contribution in [2.45, 2.75) is 6.92 Å². The molecule has 0 aliphatic heterocycles. The van der Waals surface area contributed by atoms with Crippen LogP contribution in [0.3, 0.4) is 0 Å². The van der Waals surface area contributed by atoms with E-state index in [1.807, 2.05) is 6.92 Å². The van der Waals surface area contributed by atoms with Gasteiger partial charge >= 0.3 is 0 Å². The van der Waals surface area contributed by atoms with Crippen LogP contribution in [0.4, 0.5) is 0 Å². The fourth-order valence-corrected chi connectivity index (χ4v) is 1.21. The number of hydrogen-bond donors (Lipinski definition) is 1. The van der Waals surface area contributed by atoms with Crippen LogP contribution >= 0.6 is 11.6 Å². The number of amides is 1. The molecule has 1 heterocycles. The molecule has 0 spiro atoms. The van der Waals surface area contributed by atoms with Gasteiger partial charge in [0.2, 0.25) is 0 Å². The van der Waals surface area contributed by atoms with Gasteiger partial charge in [-0.25, -0.2) is 0 Å². The standard InChI is InChI=1S/C10H13ClN2O2/c1-2-15-6-5-13-10(14)8-7-12-4-3-9(8)11/h3-4,7H,2,5-6H2,1H3,(H,13,14). The number of aromatic nitrogens is 1. The minimum atomic E-state index is -0.229. The fraction of sp³-hybridized carbons (Fsp3) is 0.400. The van der Waals surface area contributed by atoms with E-state index in [-0.39, 0.29) is 5.91 Å². The molecule has 0 fully saturated rings. The molecule has 1 amide bonds. The Kier molecular flexibility index (Phi) is 5.07. The highest BCUT2D eigenvalue weighted by atomic mass is 35.5. The number of carbonyl (C=O) groups excluding carboxylic acids is 1. The third-order valence-corrected chi connectivity index (χ3v) is 2.08. The van der Waals surface area contributed by atoms with Gasteiger partial charge in [0.15, 0.2) is 0 Å². The lowest BCUT2D eigenvalue weighted by Gasteiger charge is -2.05. The molecule has 82 valence electrons. The van der Waals surface area contributed by atoms with Crippen molar-refractivity contribution in [1.29, 1.82) is 0 Å². The molecule has 0 aliphatic rings. The second-order valence-corrected chi connectivity index (χ2v) is 3.22. The van der Waals surface area contributed by atoms with Crippen molar-refractivity contribution in [2.24, 2.45) is 0 Å². The van der Waals surface area contributed by atoms with E-state index >= 15 is 0 Å². The van der Waals surface area contributed by atoms with Crippen molar-refractivity contribution >= 4 is 17.5 Å². The third kappa shape index (κ3) is 3.85. The molecule has 0 atom stereocenters. The maximum absolute atomic E-state index is 11.5. The van der Waals surface area contributed by atoms with E-state index < -0.39 is 0 Å². The summed E-state index contributed by atoms with van der Waals surface area (Å²) in [6, 6.07) is 1.58. The Bertz CT molecular complexity index is 331. The number of nitrogens with zero attached hydrogens (tertiary/aromatic N) is 1. The van der Waals surface area contributed by atoms with Gasteiger partial charge in [0, 0.05) is 25.5 Å². The molecular formula is C10H13ClN2O2. The molecule has 1 aromatic rings. The first-order valence-corrected chi connectivity index (χ1v) is 5.09. The highest BCUT2D eigenvalue weighted by Gasteiger charge is 2.08. The number of ether oxygens (including phenoxy) is 1. The first-order chi connectivity index (χ1) is 7.25. The third-order valence-electron chi connectivity index (χ3n) is 1.75. The lowest BCUT2D eigenvalue weighted by atomic mass is 10.2. The highest BCUT2D eigenvalue weighted by Crippen LogP contribution is 2.12. The Labute approximate surface area is 93.6 Å². The van der Waals surface area contributed by atoms with E-state index in [1.165, 1.54) is 6.20 Å². The number of hydrogen-bond acceptors (Lipinski definition) is 3. The van der Waals surface area contributed by atoms with E-state index in [0.717, 1.165) is 0 Å². The maximum atomic E-state index is 11.5. The second-order valence-electron chi connectivity index (χ2n) is 2.81. The van der Waals surface area contributed by atoms with Crippen LogP contribution in [0.25, 0.3) is 0 Å². The fourth-order valence-electron chi connectivity index (χ4n) is 1.02. The van der Waals surface area contributed by atoms with Gasteiger partial charge in [-0.15, -0.1) is 0 Å². The molecule has 0 radical (unpaired) electrons. The molecule has 0 aromatic carbocycles. The van der Waals surface area contributed by atoms with Crippen LogP contribution in [0, 0.1) is 0 Å². The normalized spacial score (nSPS) is 10.0.